The Labute approximate surface area is 155 Å². The third kappa shape index (κ3) is 4.31. The van der Waals surface area contributed by atoms with E-state index in [1.54, 1.807) is 24.1 Å². The molecule has 3 rings (SSSR count). The van der Waals surface area contributed by atoms with Gasteiger partial charge in [0.2, 0.25) is 0 Å². The fraction of sp³-hybridized carbons (Fsp3) is 0.150. The average molecular weight is 400 g/mol. The molecule has 1 amide bonds. The zero-order valence-corrected chi connectivity index (χ0v) is 15.6. The number of halogens is 1. The SMILES string of the molecule is Cc1ccc(N(C)C(=O)c2ccc(COc3ccc(Br)cc3)o2)cc1. The van der Waals surface area contributed by atoms with Crippen LogP contribution < -0.4 is 9.64 Å². The molecule has 0 atom stereocenters. The monoisotopic (exact) mass is 399 g/mol. The van der Waals surface area contributed by atoms with E-state index >= 15 is 0 Å². The second kappa shape index (κ2) is 7.57. The van der Waals surface area contributed by atoms with Gasteiger partial charge in [0.25, 0.3) is 5.91 Å². The predicted octanol–water partition coefficient (Wildman–Crippen LogP) is 5.21. The second-order valence-electron chi connectivity index (χ2n) is 5.71. The molecule has 0 spiro atoms. The molecule has 0 radical (unpaired) electrons. The first-order chi connectivity index (χ1) is 12.0. The van der Waals surface area contributed by atoms with Gasteiger partial charge in [-0.15, -0.1) is 0 Å². The van der Waals surface area contributed by atoms with Crippen molar-refractivity contribution in [1.82, 2.24) is 0 Å². The highest BCUT2D eigenvalue weighted by Crippen LogP contribution is 2.20. The molecule has 25 heavy (non-hydrogen) atoms. The summed E-state index contributed by atoms with van der Waals surface area (Å²) in [6.07, 6.45) is 0. The summed E-state index contributed by atoms with van der Waals surface area (Å²) in [6.45, 7) is 2.28. The quantitative estimate of drug-likeness (QED) is 0.591. The highest BCUT2D eigenvalue weighted by molar-refractivity contribution is 9.10. The maximum atomic E-state index is 12.5. The van der Waals surface area contributed by atoms with Gasteiger partial charge in [0.1, 0.15) is 18.1 Å². The van der Waals surface area contributed by atoms with Crippen LogP contribution in [0.25, 0.3) is 0 Å². The average Bonchev–Trinajstić information content (AvgIpc) is 3.10. The van der Waals surface area contributed by atoms with Crippen LogP contribution in [0.4, 0.5) is 5.69 Å². The van der Waals surface area contributed by atoms with Crippen LogP contribution in [0.15, 0.2) is 69.6 Å². The summed E-state index contributed by atoms with van der Waals surface area (Å²) in [6, 6.07) is 18.7. The Kier molecular flexibility index (Phi) is 5.24. The predicted molar refractivity (Wildman–Crippen MR) is 101 cm³/mol. The molecule has 0 unspecified atom stereocenters. The summed E-state index contributed by atoms with van der Waals surface area (Å²) in [5.41, 5.74) is 1.97. The number of carbonyl (C=O) groups excluding carboxylic acids is 1. The van der Waals surface area contributed by atoms with Crippen molar-refractivity contribution in [2.45, 2.75) is 13.5 Å². The number of hydrogen-bond acceptors (Lipinski definition) is 3. The minimum Gasteiger partial charge on any atom is -0.486 e. The van der Waals surface area contributed by atoms with Crippen LogP contribution in [0, 0.1) is 6.92 Å². The van der Waals surface area contributed by atoms with Crippen molar-refractivity contribution in [3.8, 4) is 5.75 Å². The number of aryl methyl sites for hydroxylation is 1. The van der Waals surface area contributed by atoms with Crippen molar-refractivity contribution in [1.29, 1.82) is 0 Å². The van der Waals surface area contributed by atoms with Gasteiger partial charge in [0.05, 0.1) is 0 Å². The van der Waals surface area contributed by atoms with E-state index in [9.17, 15) is 4.79 Å². The van der Waals surface area contributed by atoms with E-state index < -0.39 is 0 Å². The first-order valence-electron chi connectivity index (χ1n) is 7.85. The summed E-state index contributed by atoms with van der Waals surface area (Å²) in [4.78, 5) is 14.1. The van der Waals surface area contributed by atoms with Crippen molar-refractivity contribution >= 4 is 27.5 Å². The van der Waals surface area contributed by atoms with Crippen LogP contribution in [0.2, 0.25) is 0 Å². The maximum Gasteiger partial charge on any atom is 0.293 e. The molecule has 0 saturated heterocycles. The lowest BCUT2D eigenvalue weighted by molar-refractivity contribution is 0.0962. The zero-order valence-electron chi connectivity index (χ0n) is 14.0. The molecule has 2 aromatic carbocycles. The van der Waals surface area contributed by atoms with Crippen LogP contribution in [-0.4, -0.2) is 13.0 Å². The van der Waals surface area contributed by atoms with Crippen LogP contribution in [-0.2, 0) is 6.61 Å². The normalized spacial score (nSPS) is 10.5. The van der Waals surface area contributed by atoms with E-state index in [2.05, 4.69) is 15.9 Å². The molecule has 128 valence electrons. The summed E-state index contributed by atoms with van der Waals surface area (Å²) < 4.78 is 12.3. The van der Waals surface area contributed by atoms with E-state index in [4.69, 9.17) is 9.15 Å². The molecule has 0 bridgehead atoms. The van der Waals surface area contributed by atoms with Gasteiger partial charge in [-0.25, -0.2) is 0 Å². The molecule has 0 fully saturated rings. The summed E-state index contributed by atoms with van der Waals surface area (Å²) >= 11 is 3.38. The third-order valence-corrected chi connectivity index (χ3v) is 4.32. The molecular weight excluding hydrogens is 382 g/mol. The van der Waals surface area contributed by atoms with Crippen LogP contribution in [0.3, 0.4) is 0 Å². The Bertz CT molecular complexity index is 853. The van der Waals surface area contributed by atoms with Crippen LogP contribution in [0.1, 0.15) is 21.9 Å². The van der Waals surface area contributed by atoms with Crippen LogP contribution >= 0.6 is 15.9 Å². The lowest BCUT2D eigenvalue weighted by atomic mass is 10.2. The summed E-state index contributed by atoms with van der Waals surface area (Å²) in [7, 11) is 1.73. The largest absolute Gasteiger partial charge is 0.486 e. The molecule has 0 aliphatic rings. The Balaban J connectivity index is 1.64. The molecule has 1 heterocycles. The van der Waals surface area contributed by atoms with Gasteiger partial charge in [-0.2, -0.15) is 0 Å². The molecule has 5 heteroatoms. The number of anilines is 1. The van der Waals surface area contributed by atoms with Crippen molar-refractivity contribution in [2.75, 3.05) is 11.9 Å². The van der Waals surface area contributed by atoms with Gasteiger partial charge in [-0.1, -0.05) is 33.6 Å². The Morgan fingerprint density at radius 2 is 1.72 bits per heavy atom. The minimum absolute atomic E-state index is 0.196. The number of nitrogens with zero attached hydrogens (tertiary/aromatic N) is 1. The van der Waals surface area contributed by atoms with Crippen molar-refractivity contribution < 1.29 is 13.9 Å². The number of hydrogen-bond donors (Lipinski definition) is 0. The third-order valence-electron chi connectivity index (χ3n) is 3.79. The molecular formula is C20H18BrNO3. The zero-order chi connectivity index (χ0) is 17.8. The highest BCUT2D eigenvalue weighted by Gasteiger charge is 2.17. The molecule has 0 N–H and O–H groups in total. The van der Waals surface area contributed by atoms with Gasteiger partial charge in [-0.05, 0) is 55.5 Å². The van der Waals surface area contributed by atoms with Crippen molar-refractivity contribution in [3.63, 3.8) is 0 Å². The lowest BCUT2D eigenvalue weighted by Gasteiger charge is -2.16. The fourth-order valence-electron chi connectivity index (χ4n) is 2.31. The number of benzene rings is 2. The molecule has 0 saturated carbocycles. The van der Waals surface area contributed by atoms with E-state index in [1.807, 2.05) is 55.5 Å². The Hall–Kier alpha value is -2.53. The Morgan fingerprint density at radius 3 is 2.40 bits per heavy atom. The van der Waals surface area contributed by atoms with Gasteiger partial charge in [-0.3, -0.25) is 4.79 Å². The topological polar surface area (TPSA) is 42.7 Å². The van der Waals surface area contributed by atoms with E-state index in [1.165, 1.54) is 0 Å². The summed E-state index contributed by atoms with van der Waals surface area (Å²) in [5.74, 6) is 1.43. The summed E-state index contributed by atoms with van der Waals surface area (Å²) in [5, 5.41) is 0. The first-order valence-corrected chi connectivity index (χ1v) is 8.64. The molecule has 0 aliphatic heterocycles. The van der Waals surface area contributed by atoms with E-state index in [0.29, 0.717) is 5.76 Å². The fourth-order valence-corrected chi connectivity index (χ4v) is 2.57. The number of carbonyl (C=O) groups is 1. The molecule has 3 aromatic rings. The molecule has 1 aromatic heterocycles. The van der Waals surface area contributed by atoms with Gasteiger partial charge in [0, 0.05) is 17.2 Å². The molecule has 4 nitrogen and oxygen atoms in total. The molecule has 0 aliphatic carbocycles. The van der Waals surface area contributed by atoms with Crippen molar-refractivity contribution in [2.24, 2.45) is 0 Å². The van der Waals surface area contributed by atoms with Gasteiger partial charge < -0.3 is 14.1 Å². The highest BCUT2D eigenvalue weighted by atomic mass is 79.9. The number of rotatable bonds is 5. The first kappa shape index (κ1) is 17.3. The van der Waals surface area contributed by atoms with Crippen LogP contribution in [0.5, 0.6) is 5.75 Å². The second-order valence-corrected chi connectivity index (χ2v) is 6.62. The number of amides is 1. The smallest absolute Gasteiger partial charge is 0.293 e. The van der Waals surface area contributed by atoms with Gasteiger partial charge >= 0.3 is 0 Å². The number of ether oxygens (including phenoxy) is 1. The maximum absolute atomic E-state index is 12.5. The number of furan rings is 1. The lowest BCUT2D eigenvalue weighted by Crippen LogP contribution is -2.25. The van der Waals surface area contributed by atoms with Gasteiger partial charge in [0.15, 0.2) is 5.76 Å². The van der Waals surface area contributed by atoms with Crippen molar-refractivity contribution in [3.05, 3.63) is 82.2 Å². The van der Waals surface area contributed by atoms with E-state index in [0.717, 1.165) is 21.5 Å². The Morgan fingerprint density at radius 1 is 1.04 bits per heavy atom. The van der Waals surface area contributed by atoms with E-state index in [-0.39, 0.29) is 18.3 Å². The minimum atomic E-state index is -0.196. The standard InChI is InChI=1S/C20H18BrNO3/c1-14-3-7-16(8-4-14)22(2)20(23)19-12-11-18(25-19)13-24-17-9-5-15(21)6-10-17/h3-12H,13H2,1-2H3.